The summed E-state index contributed by atoms with van der Waals surface area (Å²) in [6, 6.07) is 8.38. The Bertz CT molecular complexity index is 580. The van der Waals surface area contributed by atoms with Crippen LogP contribution in [0.2, 0.25) is 0 Å². The molecule has 0 saturated heterocycles. The summed E-state index contributed by atoms with van der Waals surface area (Å²) in [6.45, 7) is 9.01. The highest BCUT2D eigenvalue weighted by molar-refractivity contribution is 7.11. The van der Waals surface area contributed by atoms with E-state index in [1.54, 1.807) is 0 Å². The molecule has 0 radical (unpaired) electrons. The molecule has 0 saturated carbocycles. The molecular formula is C15H21N3OS. The van der Waals surface area contributed by atoms with Crippen molar-refractivity contribution in [3.8, 4) is 5.75 Å². The standard InChI is InChI=1S/C15H21N3OS/c1-5-18(12-8-6-7-11(4)9-12)15-13(19-10(2)3)14(16)17-20-15/h6-10H,5H2,1-4H3,(H2,16,17). The van der Waals surface area contributed by atoms with Gasteiger partial charge >= 0.3 is 0 Å². The lowest BCUT2D eigenvalue weighted by atomic mass is 10.2. The fraction of sp³-hybridized carbons (Fsp3) is 0.400. The van der Waals surface area contributed by atoms with Crippen LogP contribution < -0.4 is 15.4 Å². The lowest BCUT2D eigenvalue weighted by Gasteiger charge is -2.23. The molecule has 2 N–H and O–H groups in total. The lowest BCUT2D eigenvalue weighted by Crippen LogP contribution is -2.17. The van der Waals surface area contributed by atoms with Crippen molar-refractivity contribution in [3.05, 3.63) is 29.8 Å². The van der Waals surface area contributed by atoms with Crippen molar-refractivity contribution < 1.29 is 4.74 Å². The van der Waals surface area contributed by atoms with Gasteiger partial charge < -0.3 is 15.4 Å². The van der Waals surface area contributed by atoms with Gasteiger partial charge in [0.05, 0.1) is 6.10 Å². The Balaban J connectivity index is 2.42. The first-order chi connectivity index (χ1) is 9.52. The summed E-state index contributed by atoms with van der Waals surface area (Å²) in [5, 5.41) is 0.962. The van der Waals surface area contributed by atoms with E-state index in [-0.39, 0.29) is 6.10 Å². The second kappa shape index (κ2) is 6.13. The van der Waals surface area contributed by atoms with E-state index in [0.29, 0.717) is 11.6 Å². The number of aromatic nitrogens is 1. The Morgan fingerprint density at radius 3 is 2.75 bits per heavy atom. The van der Waals surface area contributed by atoms with E-state index in [0.717, 1.165) is 17.2 Å². The third-order valence-corrected chi connectivity index (χ3v) is 3.75. The molecule has 1 heterocycles. The Kier molecular flexibility index (Phi) is 4.49. The van der Waals surface area contributed by atoms with Crippen LogP contribution in [0.1, 0.15) is 26.3 Å². The lowest BCUT2D eigenvalue weighted by molar-refractivity contribution is 0.245. The molecule has 0 aliphatic heterocycles. The van der Waals surface area contributed by atoms with E-state index in [2.05, 4.69) is 47.4 Å². The Labute approximate surface area is 124 Å². The van der Waals surface area contributed by atoms with Crippen LogP contribution in [0.3, 0.4) is 0 Å². The van der Waals surface area contributed by atoms with Crippen LogP contribution >= 0.6 is 11.5 Å². The molecular weight excluding hydrogens is 270 g/mol. The van der Waals surface area contributed by atoms with Gasteiger partial charge in [0, 0.05) is 12.2 Å². The monoisotopic (exact) mass is 291 g/mol. The van der Waals surface area contributed by atoms with E-state index in [1.807, 2.05) is 13.8 Å². The molecule has 1 aromatic carbocycles. The number of ether oxygens (including phenoxy) is 1. The largest absolute Gasteiger partial charge is 0.484 e. The first kappa shape index (κ1) is 14.7. The zero-order valence-electron chi connectivity index (χ0n) is 12.4. The summed E-state index contributed by atoms with van der Waals surface area (Å²) in [7, 11) is 0. The number of benzene rings is 1. The Hall–Kier alpha value is -1.75. The first-order valence-electron chi connectivity index (χ1n) is 6.79. The summed E-state index contributed by atoms with van der Waals surface area (Å²) < 4.78 is 10.1. The minimum atomic E-state index is 0.0728. The highest BCUT2D eigenvalue weighted by Gasteiger charge is 2.20. The van der Waals surface area contributed by atoms with E-state index < -0.39 is 0 Å². The number of nitrogens with zero attached hydrogens (tertiary/aromatic N) is 2. The third-order valence-electron chi connectivity index (χ3n) is 2.89. The first-order valence-corrected chi connectivity index (χ1v) is 7.56. The molecule has 0 amide bonds. The van der Waals surface area contributed by atoms with Crippen LogP contribution in [-0.2, 0) is 0 Å². The van der Waals surface area contributed by atoms with E-state index in [1.165, 1.54) is 17.1 Å². The number of hydrogen-bond donors (Lipinski definition) is 1. The quantitative estimate of drug-likeness (QED) is 0.905. The van der Waals surface area contributed by atoms with Crippen molar-refractivity contribution in [3.63, 3.8) is 0 Å². The molecule has 108 valence electrons. The highest BCUT2D eigenvalue weighted by atomic mass is 32.1. The predicted octanol–water partition coefficient (Wildman–Crippen LogP) is 3.98. The fourth-order valence-corrected chi connectivity index (χ4v) is 2.88. The molecule has 4 nitrogen and oxygen atoms in total. The van der Waals surface area contributed by atoms with Crippen molar-refractivity contribution in [1.29, 1.82) is 0 Å². The van der Waals surface area contributed by atoms with E-state index in [4.69, 9.17) is 10.5 Å². The van der Waals surface area contributed by atoms with Crippen LogP contribution in [0, 0.1) is 6.92 Å². The normalized spacial score (nSPS) is 10.8. The van der Waals surface area contributed by atoms with Gasteiger partial charge in [-0.05, 0) is 56.9 Å². The second-order valence-electron chi connectivity index (χ2n) is 4.95. The molecule has 1 aromatic heterocycles. The maximum Gasteiger partial charge on any atom is 0.198 e. The number of aryl methyl sites for hydroxylation is 1. The summed E-state index contributed by atoms with van der Waals surface area (Å²) >= 11 is 1.38. The molecule has 2 aromatic rings. The third kappa shape index (κ3) is 3.04. The molecule has 0 unspecified atom stereocenters. The number of nitrogens with two attached hydrogens (primary N) is 1. The average molecular weight is 291 g/mol. The molecule has 0 aliphatic rings. The molecule has 0 bridgehead atoms. The predicted molar refractivity (Wildman–Crippen MR) is 86.1 cm³/mol. The van der Waals surface area contributed by atoms with Gasteiger partial charge in [-0.3, -0.25) is 0 Å². The van der Waals surface area contributed by atoms with Crippen molar-refractivity contribution in [1.82, 2.24) is 4.37 Å². The molecule has 0 spiro atoms. The van der Waals surface area contributed by atoms with Gasteiger partial charge in [0.15, 0.2) is 16.6 Å². The summed E-state index contributed by atoms with van der Waals surface area (Å²) in [4.78, 5) is 2.18. The number of nitrogen functional groups attached to an aromatic ring is 1. The van der Waals surface area contributed by atoms with Gasteiger partial charge in [0.1, 0.15) is 0 Å². The van der Waals surface area contributed by atoms with Crippen molar-refractivity contribution in [2.45, 2.75) is 33.8 Å². The molecule has 0 atom stereocenters. The highest BCUT2D eigenvalue weighted by Crippen LogP contribution is 2.42. The van der Waals surface area contributed by atoms with Gasteiger partial charge in [-0.2, -0.15) is 4.37 Å². The average Bonchev–Trinajstić information content (AvgIpc) is 2.72. The van der Waals surface area contributed by atoms with Crippen molar-refractivity contribution in [2.24, 2.45) is 0 Å². The fourth-order valence-electron chi connectivity index (χ4n) is 2.04. The smallest absolute Gasteiger partial charge is 0.198 e. The molecule has 0 aliphatic carbocycles. The zero-order chi connectivity index (χ0) is 14.7. The minimum Gasteiger partial charge on any atom is -0.484 e. The number of rotatable bonds is 5. The Morgan fingerprint density at radius 2 is 2.15 bits per heavy atom. The van der Waals surface area contributed by atoms with Gasteiger partial charge in [0.2, 0.25) is 0 Å². The van der Waals surface area contributed by atoms with Crippen LogP contribution in [-0.4, -0.2) is 17.0 Å². The molecule has 0 fully saturated rings. The van der Waals surface area contributed by atoms with Crippen LogP contribution in [0.25, 0.3) is 0 Å². The maximum atomic E-state index is 5.94. The number of hydrogen-bond acceptors (Lipinski definition) is 5. The zero-order valence-corrected chi connectivity index (χ0v) is 13.2. The SMILES string of the molecule is CCN(c1cccc(C)c1)c1snc(N)c1OC(C)C. The van der Waals surface area contributed by atoms with Crippen molar-refractivity contribution >= 4 is 28.0 Å². The topological polar surface area (TPSA) is 51.4 Å². The molecule has 2 rings (SSSR count). The summed E-state index contributed by atoms with van der Waals surface area (Å²) in [5.41, 5.74) is 8.29. The number of anilines is 3. The summed E-state index contributed by atoms with van der Waals surface area (Å²) in [5.74, 6) is 1.15. The van der Waals surface area contributed by atoms with Crippen LogP contribution in [0.5, 0.6) is 5.75 Å². The van der Waals surface area contributed by atoms with Gasteiger partial charge in [-0.15, -0.1) is 0 Å². The van der Waals surface area contributed by atoms with E-state index >= 15 is 0 Å². The van der Waals surface area contributed by atoms with Gasteiger partial charge in [-0.1, -0.05) is 12.1 Å². The van der Waals surface area contributed by atoms with Gasteiger partial charge in [0.25, 0.3) is 0 Å². The van der Waals surface area contributed by atoms with Gasteiger partial charge in [-0.25, -0.2) is 0 Å². The second-order valence-corrected chi connectivity index (χ2v) is 5.70. The molecule has 5 heteroatoms. The van der Waals surface area contributed by atoms with Crippen LogP contribution in [0.4, 0.5) is 16.5 Å². The van der Waals surface area contributed by atoms with Crippen LogP contribution in [0.15, 0.2) is 24.3 Å². The molecule has 20 heavy (non-hydrogen) atoms. The van der Waals surface area contributed by atoms with Crippen molar-refractivity contribution in [2.75, 3.05) is 17.2 Å². The minimum absolute atomic E-state index is 0.0728. The maximum absolute atomic E-state index is 5.94. The Morgan fingerprint density at radius 1 is 1.40 bits per heavy atom. The van der Waals surface area contributed by atoms with E-state index in [9.17, 15) is 0 Å². The summed E-state index contributed by atoms with van der Waals surface area (Å²) in [6.07, 6.45) is 0.0728.